The van der Waals surface area contributed by atoms with Crippen molar-refractivity contribution >= 4 is 17.7 Å². The summed E-state index contributed by atoms with van der Waals surface area (Å²) in [6.45, 7) is 4.33. The molecular formula is C16H21N3O3. The van der Waals surface area contributed by atoms with Gasteiger partial charge in [-0.1, -0.05) is 26.0 Å². The predicted molar refractivity (Wildman–Crippen MR) is 82.2 cm³/mol. The minimum Gasteiger partial charge on any atom is -0.353 e. The smallest absolute Gasteiger partial charge is 0.261 e. The third-order valence-electron chi connectivity index (χ3n) is 3.57. The van der Waals surface area contributed by atoms with Crippen LogP contribution in [0.3, 0.4) is 0 Å². The summed E-state index contributed by atoms with van der Waals surface area (Å²) in [4.78, 5) is 37.2. The Labute approximate surface area is 129 Å². The molecule has 0 unspecified atom stereocenters. The normalized spacial score (nSPS) is 15.2. The van der Waals surface area contributed by atoms with Gasteiger partial charge >= 0.3 is 0 Å². The lowest BCUT2D eigenvalue weighted by Gasteiger charge is -2.17. The fraction of sp³-hybridized carbons (Fsp3) is 0.438. The molecule has 0 saturated carbocycles. The highest BCUT2D eigenvalue weighted by Gasteiger charge is 2.34. The number of nitrogens with zero attached hydrogens (tertiary/aromatic N) is 1. The fourth-order valence-corrected chi connectivity index (χ4v) is 2.48. The maximum absolute atomic E-state index is 12.1. The zero-order valence-corrected chi connectivity index (χ0v) is 12.8. The van der Waals surface area contributed by atoms with Gasteiger partial charge in [0.1, 0.15) is 0 Å². The Morgan fingerprint density at radius 2 is 1.73 bits per heavy atom. The molecule has 1 aliphatic rings. The summed E-state index contributed by atoms with van der Waals surface area (Å²) in [5.74, 6) is -0.565. The molecule has 0 bridgehead atoms. The van der Waals surface area contributed by atoms with Crippen molar-refractivity contribution in [3.8, 4) is 0 Å². The third kappa shape index (κ3) is 3.33. The molecule has 0 radical (unpaired) electrons. The maximum atomic E-state index is 12.1. The SMILES string of the molecule is CC(C)C[C@H](N)C(=O)NCCN1C(=O)c2ccccc2C1=O. The van der Waals surface area contributed by atoms with Crippen molar-refractivity contribution in [2.24, 2.45) is 11.7 Å². The van der Waals surface area contributed by atoms with E-state index in [1.54, 1.807) is 24.3 Å². The second kappa shape index (κ2) is 6.70. The van der Waals surface area contributed by atoms with Gasteiger partial charge in [0.2, 0.25) is 5.91 Å². The molecule has 0 saturated heterocycles. The Hall–Kier alpha value is -2.21. The first-order valence-corrected chi connectivity index (χ1v) is 7.40. The van der Waals surface area contributed by atoms with Gasteiger partial charge in [-0.25, -0.2) is 0 Å². The molecule has 1 aromatic rings. The van der Waals surface area contributed by atoms with E-state index >= 15 is 0 Å². The number of carbonyl (C=O) groups excluding carboxylic acids is 3. The quantitative estimate of drug-likeness (QED) is 0.759. The van der Waals surface area contributed by atoms with Crippen LogP contribution in [0.15, 0.2) is 24.3 Å². The molecule has 0 aromatic heterocycles. The number of amides is 3. The van der Waals surface area contributed by atoms with Crippen molar-refractivity contribution < 1.29 is 14.4 Å². The van der Waals surface area contributed by atoms with E-state index < -0.39 is 6.04 Å². The molecule has 1 aliphatic heterocycles. The Kier molecular flexibility index (Phi) is 4.92. The first-order valence-electron chi connectivity index (χ1n) is 7.40. The van der Waals surface area contributed by atoms with E-state index in [1.807, 2.05) is 13.8 Å². The van der Waals surface area contributed by atoms with Crippen molar-refractivity contribution in [1.82, 2.24) is 10.2 Å². The molecule has 6 heteroatoms. The third-order valence-corrected chi connectivity index (χ3v) is 3.57. The molecule has 1 heterocycles. The largest absolute Gasteiger partial charge is 0.353 e. The van der Waals surface area contributed by atoms with Crippen LogP contribution in [-0.2, 0) is 4.79 Å². The van der Waals surface area contributed by atoms with Crippen LogP contribution in [0, 0.1) is 5.92 Å². The number of carbonyl (C=O) groups is 3. The summed E-state index contributed by atoms with van der Waals surface area (Å²) in [7, 11) is 0. The van der Waals surface area contributed by atoms with E-state index in [4.69, 9.17) is 5.73 Å². The predicted octanol–water partition coefficient (Wildman–Crippen LogP) is 0.772. The van der Waals surface area contributed by atoms with Crippen LogP contribution in [-0.4, -0.2) is 41.8 Å². The van der Waals surface area contributed by atoms with Gasteiger partial charge in [0.05, 0.1) is 17.2 Å². The molecule has 1 aromatic carbocycles. The molecule has 2 rings (SSSR count). The first kappa shape index (κ1) is 16.2. The number of hydrogen-bond acceptors (Lipinski definition) is 4. The average molecular weight is 303 g/mol. The van der Waals surface area contributed by atoms with Crippen LogP contribution in [0.5, 0.6) is 0 Å². The van der Waals surface area contributed by atoms with Crippen LogP contribution in [0.4, 0.5) is 0 Å². The van der Waals surface area contributed by atoms with Crippen LogP contribution in [0.25, 0.3) is 0 Å². The second-order valence-corrected chi connectivity index (χ2v) is 5.83. The van der Waals surface area contributed by atoms with Gasteiger partial charge in [-0.05, 0) is 24.5 Å². The lowest BCUT2D eigenvalue weighted by Crippen LogP contribution is -2.45. The number of nitrogens with two attached hydrogens (primary N) is 1. The van der Waals surface area contributed by atoms with E-state index in [9.17, 15) is 14.4 Å². The minimum absolute atomic E-state index is 0.145. The number of fused-ring (bicyclic) bond motifs is 1. The zero-order valence-electron chi connectivity index (χ0n) is 12.8. The van der Waals surface area contributed by atoms with Crippen molar-refractivity contribution in [1.29, 1.82) is 0 Å². The molecule has 3 amide bonds. The molecular weight excluding hydrogens is 282 g/mol. The van der Waals surface area contributed by atoms with Crippen LogP contribution in [0.1, 0.15) is 41.0 Å². The number of hydrogen-bond donors (Lipinski definition) is 2. The molecule has 22 heavy (non-hydrogen) atoms. The Morgan fingerprint density at radius 3 is 2.23 bits per heavy atom. The van der Waals surface area contributed by atoms with Crippen LogP contribution in [0.2, 0.25) is 0 Å². The van der Waals surface area contributed by atoms with Crippen LogP contribution < -0.4 is 11.1 Å². The van der Waals surface area contributed by atoms with Gasteiger partial charge < -0.3 is 11.1 Å². The number of nitrogens with one attached hydrogen (secondary N) is 1. The fourth-order valence-electron chi connectivity index (χ4n) is 2.48. The van der Waals surface area contributed by atoms with Crippen molar-refractivity contribution in [2.45, 2.75) is 26.3 Å². The standard InChI is InChI=1S/C16H21N3O3/c1-10(2)9-13(17)14(20)18-7-8-19-15(21)11-5-3-4-6-12(11)16(19)22/h3-6,10,13H,7-9,17H2,1-2H3,(H,18,20)/t13-/m0/s1. The van der Waals surface area contributed by atoms with Gasteiger partial charge in [-0.2, -0.15) is 0 Å². The first-order chi connectivity index (χ1) is 10.4. The molecule has 0 aliphatic carbocycles. The second-order valence-electron chi connectivity index (χ2n) is 5.83. The van der Waals surface area contributed by atoms with Gasteiger partial charge in [-0.3, -0.25) is 19.3 Å². The highest BCUT2D eigenvalue weighted by Crippen LogP contribution is 2.21. The summed E-state index contributed by atoms with van der Waals surface area (Å²) in [6, 6.07) is 6.14. The zero-order chi connectivity index (χ0) is 16.3. The van der Waals surface area contributed by atoms with Gasteiger partial charge in [0.25, 0.3) is 11.8 Å². The van der Waals surface area contributed by atoms with E-state index in [1.165, 1.54) is 0 Å². The molecule has 6 nitrogen and oxygen atoms in total. The van der Waals surface area contributed by atoms with Gasteiger partial charge in [0.15, 0.2) is 0 Å². The summed E-state index contributed by atoms with van der Waals surface area (Å²) < 4.78 is 0. The number of rotatable bonds is 6. The van der Waals surface area contributed by atoms with E-state index in [-0.39, 0.29) is 30.8 Å². The molecule has 0 fully saturated rings. The van der Waals surface area contributed by atoms with Crippen molar-refractivity contribution in [3.63, 3.8) is 0 Å². The molecule has 118 valence electrons. The molecule has 3 N–H and O–H groups in total. The van der Waals surface area contributed by atoms with E-state index in [2.05, 4.69) is 5.32 Å². The molecule has 0 spiro atoms. The minimum atomic E-state index is -0.567. The summed E-state index contributed by atoms with van der Waals surface area (Å²) in [5, 5.41) is 2.67. The summed E-state index contributed by atoms with van der Waals surface area (Å²) >= 11 is 0. The van der Waals surface area contributed by atoms with Crippen molar-refractivity contribution in [2.75, 3.05) is 13.1 Å². The highest BCUT2D eigenvalue weighted by atomic mass is 16.2. The number of benzene rings is 1. The Bertz CT molecular complexity index is 563. The van der Waals surface area contributed by atoms with E-state index in [0.29, 0.717) is 23.5 Å². The van der Waals surface area contributed by atoms with Gasteiger partial charge in [0, 0.05) is 13.1 Å². The van der Waals surface area contributed by atoms with Gasteiger partial charge in [-0.15, -0.1) is 0 Å². The summed E-state index contributed by atoms with van der Waals surface area (Å²) in [5.41, 5.74) is 6.60. The van der Waals surface area contributed by atoms with E-state index in [0.717, 1.165) is 4.90 Å². The highest BCUT2D eigenvalue weighted by molar-refractivity contribution is 6.21. The monoisotopic (exact) mass is 303 g/mol. The Balaban J connectivity index is 1.88. The van der Waals surface area contributed by atoms with Crippen LogP contribution >= 0.6 is 0 Å². The lowest BCUT2D eigenvalue weighted by molar-refractivity contribution is -0.122. The number of imide groups is 1. The molecule has 1 atom stereocenters. The lowest BCUT2D eigenvalue weighted by atomic mass is 10.0. The van der Waals surface area contributed by atoms with Crippen molar-refractivity contribution in [3.05, 3.63) is 35.4 Å². The summed E-state index contributed by atoms with van der Waals surface area (Å²) in [6.07, 6.45) is 0.596. The maximum Gasteiger partial charge on any atom is 0.261 e. The Morgan fingerprint density at radius 1 is 1.18 bits per heavy atom. The topological polar surface area (TPSA) is 92.5 Å². The average Bonchev–Trinajstić information content (AvgIpc) is 2.72.